The number of imidazole rings is 1. The second-order valence-corrected chi connectivity index (χ2v) is 4.68. The lowest BCUT2D eigenvalue weighted by molar-refractivity contribution is -0.110. The quantitative estimate of drug-likeness (QED) is 0.705. The SMILES string of the molecule is Cc1nc(N)c2ncn(C(C)OC(CO)[C@@H](C)O)c2n1. The minimum atomic E-state index is -0.779. The first-order chi connectivity index (χ1) is 9.43. The predicted molar refractivity (Wildman–Crippen MR) is 72.8 cm³/mol. The zero-order chi connectivity index (χ0) is 14.9. The average molecular weight is 281 g/mol. The zero-order valence-electron chi connectivity index (χ0n) is 11.7. The Hall–Kier alpha value is -1.77. The van der Waals surface area contributed by atoms with Gasteiger partial charge in [0.15, 0.2) is 11.5 Å². The fourth-order valence-corrected chi connectivity index (χ4v) is 1.95. The van der Waals surface area contributed by atoms with Crippen molar-refractivity contribution in [1.82, 2.24) is 19.5 Å². The topological polar surface area (TPSA) is 119 Å². The molecule has 2 aromatic rings. The summed E-state index contributed by atoms with van der Waals surface area (Å²) in [6.45, 7) is 4.81. The molecule has 8 heteroatoms. The van der Waals surface area contributed by atoms with E-state index in [0.717, 1.165) is 0 Å². The Balaban J connectivity index is 2.33. The summed E-state index contributed by atoms with van der Waals surface area (Å²) in [7, 11) is 0. The van der Waals surface area contributed by atoms with Gasteiger partial charge in [-0.2, -0.15) is 0 Å². The Morgan fingerprint density at radius 1 is 1.40 bits per heavy atom. The summed E-state index contributed by atoms with van der Waals surface area (Å²) >= 11 is 0. The largest absolute Gasteiger partial charge is 0.394 e. The van der Waals surface area contributed by atoms with Crippen molar-refractivity contribution in [3.8, 4) is 0 Å². The van der Waals surface area contributed by atoms with E-state index < -0.39 is 18.4 Å². The van der Waals surface area contributed by atoms with Crippen LogP contribution in [0.4, 0.5) is 5.82 Å². The zero-order valence-corrected chi connectivity index (χ0v) is 11.7. The Labute approximate surface area is 116 Å². The fourth-order valence-electron chi connectivity index (χ4n) is 1.95. The van der Waals surface area contributed by atoms with E-state index >= 15 is 0 Å². The van der Waals surface area contributed by atoms with Gasteiger partial charge in [0.2, 0.25) is 0 Å². The lowest BCUT2D eigenvalue weighted by Crippen LogP contribution is -2.32. The van der Waals surface area contributed by atoms with Gasteiger partial charge in [-0.25, -0.2) is 15.0 Å². The van der Waals surface area contributed by atoms with E-state index in [1.54, 1.807) is 31.7 Å². The van der Waals surface area contributed by atoms with E-state index in [0.29, 0.717) is 22.8 Å². The molecule has 0 spiro atoms. The number of aliphatic hydroxyl groups excluding tert-OH is 2. The van der Waals surface area contributed by atoms with Crippen LogP contribution in [-0.4, -0.2) is 48.5 Å². The van der Waals surface area contributed by atoms with Gasteiger partial charge in [-0.3, -0.25) is 4.57 Å². The van der Waals surface area contributed by atoms with Crippen LogP contribution in [0, 0.1) is 6.92 Å². The van der Waals surface area contributed by atoms with Crippen LogP contribution in [0.5, 0.6) is 0 Å². The molecule has 8 nitrogen and oxygen atoms in total. The summed E-state index contributed by atoms with van der Waals surface area (Å²) in [5.41, 5.74) is 6.86. The Morgan fingerprint density at radius 3 is 2.70 bits per heavy atom. The van der Waals surface area contributed by atoms with Gasteiger partial charge in [0.25, 0.3) is 0 Å². The van der Waals surface area contributed by atoms with E-state index in [2.05, 4.69) is 15.0 Å². The van der Waals surface area contributed by atoms with Crippen LogP contribution in [-0.2, 0) is 4.74 Å². The van der Waals surface area contributed by atoms with E-state index in [1.807, 2.05) is 0 Å². The van der Waals surface area contributed by atoms with E-state index in [-0.39, 0.29) is 6.61 Å². The molecule has 0 amide bonds. The number of anilines is 1. The summed E-state index contributed by atoms with van der Waals surface area (Å²) in [5.74, 6) is 0.853. The molecular formula is C12H19N5O3. The first kappa shape index (κ1) is 14.6. The number of nitrogens with zero attached hydrogens (tertiary/aromatic N) is 4. The number of rotatable bonds is 5. The minimum absolute atomic E-state index is 0.273. The van der Waals surface area contributed by atoms with Crippen molar-refractivity contribution < 1.29 is 14.9 Å². The van der Waals surface area contributed by atoms with Crippen molar-refractivity contribution in [3.63, 3.8) is 0 Å². The molecule has 2 heterocycles. The number of aromatic nitrogens is 4. The van der Waals surface area contributed by atoms with Gasteiger partial charge in [0.05, 0.1) is 19.0 Å². The number of aliphatic hydroxyl groups is 2. The van der Waals surface area contributed by atoms with Crippen molar-refractivity contribution >= 4 is 17.0 Å². The molecule has 0 aliphatic rings. The Kier molecular flexibility index (Phi) is 4.17. The van der Waals surface area contributed by atoms with E-state index in [9.17, 15) is 10.2 Å². The monoisotopic (exact) mass is 281 g/mol. The molecule has 2 unspecified atom stereocenters. The average Bonchev–Trinajstić information content (AvgIpc) is 2.79. The maximum Gasteiger partial charge on any atom is 0.167 e. The maximum atomic E-state index is 9.50. The van der Waals surface area contributed by atoms with Crippen molar-refractivity contribution in [3.05, 3.63) is 12.2 Å². The molecule has 20 heavy (non-hydrogen) atoms. The van der Waals surface area contributed by atoms with Gasteiger partial charge >= 0.3 is 0 Å². The van der Waals surface area contributed by atoms with Crippen LogP contribution in [0.15, 0.2) is 6.33 Å². The summed E-state index contributed by atoms with van der Waals surface area (Å²) in [5, 5.41) is 18.7. The molecule has 0 saturated carbocycles. The van der Waals surface area contributed by atoms with Crippen LogP contribution in [0.2, 0.25) is 0 Å². The Bertz CT molecular complexity index is 598. The first-order valence-electron chi connectivity index (χ1n) is 6.35. The van der Waals surface area contributed by atoms with Crippen molar-refractivity contribution in [2.45, 2.75) is 39.2 Å². The smallest absolute Gasteiger partial charge is 0.167 e. The van der Waals surface area contributed by atoms with Gasteiger partial charge in [-0.05, 0) is 20.8 Å². The van der Waals surface area contributed by atoms with Gasteiger partial charge in [0, 0.05) is 0 Å². The van der Waals surface area contributed by atoms with Crippen LogP contribution in [0.1, 0.15) is 25.9 Å². The lowest BCUT2D eigenvalue weighted by atomic mass is 10.2. The van der Waals surface area contributed by atoms with E-state index in [1.165, 1.54) is 0 Å². The highest BCUT2D eigenvalue weighted by molar-refractivity contribution is 5.81. The fraction of sp³-hybridized carbons (Fsp3) is 0.583. The molecule has 3 atom stereocenters. The standard InChI is InChI=1S/C12H19N5O3/c1-6(19)9(4-18)20-8(3)17-5-14-10-11(13)15-7(2)16-12(10)17/h5-6,8-9,18-19H,4H2,1-3H3,(H2,13,15,16)/t6-,8?,9?/m1/s1. The number of hydrogen-bond acceptors (Lipinski definition) is 7. The summed E-state index contributed by atoms with van der Waals surface area (Å²) < 4.78 is 7.30. The normalized spacial score (nSPS) is 16.2. The summed E-state index contributed by atoms with van der Waals surface area (Å²) in [6.07, 6.45) is -0.363. The highest BCUT2D eigenvalue weighted by Crippen LogP contribution is 2.21. The number of nitrogens with two attached hydrogens (primary N) is 1. The molecule has 110 valence electrons. The molecule has 0 radical (unpaired) electrons. The van der Waals surface area contributed by atoms with Crippen molar-refractivity contribution in [2.75, 3.05) is 12.3 Å². The third-order valence-electron chi connectivity index (χ3n) is 3.04. The molecule has 2 aromatic heterocycles. The minimum Gasteiger partial charge on any atom is -0.394 e. The van der Waals surface area contributed by atoms with Gasteiger partial charge in [-0.1, -0.05) is 0 Å². The second kappa shape index (κ2) is 5.70. The van der Waals surface area contributed by atoms with Gasteiger partial charge < -0.3 is 20.7 Å². The molecule has 0 aliphatic carbocycles. The molecule has 0 aromatic carbocycles. The number of nitrogen functional groups attached to an aromatic ring is 1. The molecule has 0 fully saturated rings. The first-order valence-corrected chi connectivity index (χ1v) is 6.35. The summed E-state index contributed by atoms with van der Waals surface area (Å²) in [6, 6.07) is 0. The maximum absolute atomic E-state index is 9.50. The van der Waals surface area contributed by atoms with Crippen molar-refractivity contribution in [2.24, 2.45) is 0 Å². The number of aryl methyl sites for hydroxylation is 1. The lowest BCUT2D eigenvalue weighted by Gasteiger charge is -2.23. The molecule has 0 aliphatic heterocycles. The van der Waals surface area contributed by atoms with Gasteiger partial charge in [0.1, 0.15) is 23.7 Å². The predicted octanol–water partition coefficient (Wildman–Crippen LogP) is -0.00628. The van der Waals surface area contributed by atoms with E-state index in [4.69, 9.17) is 10.5 Å². The molecule has 0 saturated heterocycles. The third-order valence-corrected chi connectivity index (χ3v) is 3.04. The number of fused-ring (bicyclic) bond motifs is 1. The molecule has 0 bridgehead atoms. The highest BCUT2D eigenvalue weighted by atomic mass is 16.5. The second-order valence-electron chi connectivity index (χ2n) is 4.68. The van der Waals surface area contributed by atoms with Crippen LogP contribution in [0.3, 0.4) is 0 Å². The number of hydrogen-bond donors (Lipinski definition) is 3. The Morgan fingerprint density at radius 2 is 2.10 bits per heavy atom. The van der Waals surface area contributed by atoms with Gasteiger partial charge in [-0.15, -0.1) is 0 Å². The van der Waals surface area contributed by atoms with Crippen molar-refractivity contribution in [1.29, 1.82) is 0 Å². The third kappa shape index (κ3) is 2.72. The summed E-state index contributed by atoms with van der Waals surface area (Å²) in [4.78, 5) is 12.5. The van der Waals surface area contributed by atoms with Crippen LogP contribution < -0.4 is 5.73 Å². The van der Waals surface area contributed by atoms with Crippen LogP contribution >= 0.6 is 0 Å². The highest BCUT2D eigenvalue weighted by Gasteiger charge is 2.21. The molecule has 4 N–H and O–H groups in total. The molecular weight excluding hydrogens is 262 g/mol. The molecule has 2 rings (SSSR count). The number of ether oxygens (including phenoxy) is 1. The van der Waals surface area contributed by atoms with Crippen LogP contribution in [0.25, 0.3) is 11.2 Å².